The molecule has 0 amide bonds. The number of carbonyl (C=O) groups excluding carboxylic acids is 1. The molecule has 0 atom stereocenters. The zero-order valence-electron chi connectivity index (χ0n) is 2.98. The lowest BCUT2D eigenvalue weighted by atomic mass is 10.0. The van der Waals surface area contributed by atoms with Crippen molar-refractivity contribution in [1.29, 1.82) is 0 Å². The van der Waals surface area contributed by atoms with Gasteiger partial charge < -0.3 is 4.79 Å². The maximum Gasteiger partial charge on any atom is 0.119 e. The quantitative estimate of drug-likeness (QED) is 0.332. The molecule has 0 aromatic rings. The molecule has 0 fully saturated rings. The molecule has 0 aliphatic heterocycles. The SMILES string of the molecule is [B]CCC=O. The molecule has 0 aliphatic carbocycles. The van der Waals surface area contributed by atoms with Crippen molar-refractivity contribution in [2.75, 3.05) is 0 Å². The second kappa shape index (κ2) is 3.73. The Morgan fingerprint density at radius 2 is 2.40 bits per heavy atom. The standard InChI is InChI=1S/C3H5BO/c4-2-1-3-5/h3H,1-2H2. The fraction of sp³-hybridized carbons (Fsp3) is 0.667. The van der Waals surface area contributed by atoms with E-state index < -0.39 is 0 Å². The van der Waals surface area contributed by atoms with Gasteiger partial charge in [0.05, 0.1) is 7.85 Å². The molecule has 0 aromatic heterocycles. The van der Waals surface area contributed by atoms with Crippen LogP contribution in [0.4, 0.5) is 0 Å². The van der Waals surface area contributed by atoms with E-state index in [4.69, 9.17) is 7.85 Å². The molecule has 0 aliphatic rings. The molecule has 0 spiro atoms. The van der Waals surface area contributed by atoms with E-state index in [1.54, 1.807) is 0 Å². The summed E-state index contributed by atoms with van der Waals surface area (Å²) in [6, 6.07) is 0. The van der Waals surface area contributed by atoms with E-state index in [0.29, 0.717) is 12.7 Å². The zero-order valence-corrected chi connectivity index (χ0v) is 2.98. The van der Waals surface area contributed by atoms with Crippen molar-refractivity contribution < 1.29 is 4.79 Å². The van der Waals surface area contributed by atoms with Gasteiger partial charge in [0.15, 0.2) is 0 Å². The topological polar surface area (TPSA) is 17.1 Å². The second-order valence-electron chi connectivity index (χ2n) is 0.744. The van der Waals surface area contributed by atoms with E-state index in [1.165, 1.54) is 0 Å². The molecule has 1 nitrogen and oxygen atoms in total. The average Bonchev–Trinajstić information content (AvgIpc) is 1.41. The molecule has 2 radical (unpaired) electrons. The van der Waals surface area contributed by atoms with Crippen LogP contribution in [0, 0.1) is 0 Å². The fourth-order valence-electron chi connectivity index (χ4n) is 0.0680. The Bertz CT molecular complexity index is 28.1. The van der Waals surface area contributed by atoms with Crippen LogP contribution in [-0.4, -0.2) is 14.1 Å². The number of hydrogen-bond donors (Lipinski definition) is 0. The Morgan fingerprint density at radius 3 is 2.40 bits per heavy atom. The molecule has 2 heteroatoms. The van der Waals surface area contributed by atoms with Gasteiger partial charge in [-0.2, -0.15) is 0 Å². The summed E-state index contributed by atoms with van der Waals surface area (Å²) in [4.78, 5) is 9.32. The van der Waals surface area contributed by atoms with Crippen molar-refractivity contribution in [3.05, 3.63) is 0 Å². The minimum absolute atomic E-state index is 0.476. The van der Waals surface area contributed by atoms with Gasteiger partial charge in [-0.3, -0.25) is 0 Å². The van der Waals surface area contributed by atoms with Crippen LogP contribution >= 0.6 is 0 Å². The van der Waals surface area contributed by atoms with Gasteiger partial charge in [-0.1, -0.05) is 6.32 Å². The van der Waals surface area contributed by atoms with Crippen molar-refractivity contribution in [2.24, 2.45) is 0 Å². The van der Waals surface area contributed by atoms with E-state index in [1.807, 2.05) is 0 Å². The molecule has 0 saturated carbocycles. The largest absolute Gasteiger partial charge is 0.303 e. The first-order chi connectivity index (χ1) is 2.41. The predicted octanol–water partition coefficient (Wildman–Crippen LogP) is 0.162. The second-order valence-corrected chi connectivity index (χ2v) is 0.744. The summed E-state index contributed by atoms with van der Waals surface area (Å²) in [6.45, 7) is 0. The summed E-state index contributed by atoms with van der Waals surface area (Å²) < 4.78 is 0. The van der Waals surface area contributed by atoms with Crippen LogP contribution in [0.3, 0.4) is 0 Å². The fourth-order valence-corrected chi connectivity index (χ4v) is 0.0680. The molecule has 26 valence electrons. The summed E-state index contributed by atoms with van der Waals surface area (Å²) in [5.41, 5.74) is 0. The van der Waals surface area contributed by atoms with Gasteiger partial charge in [0, 0.05) is 0 Å². The Morgan fingerprint density at radius 1 is 1.80 bits per heavy atom. The van der Waals surface area contributed by atoms with Gasteiger partial charge in [-0.05, 0) is 6.42 Å². The lowest BCUT2D eigenvalue weighted by molar-refractivity contribution is -0.107. The van der Waals surface area contributed by atoms with Crippen molar-refractivity contribution in [3.8, 4) is 0 Å². The van der Waals surface area contributed by atoms with E-state index in [9.17, 15) is 4.79 Å². The highest BCUT2D eigenvalue weighted by Gasteiger charge is 1.67. The molecule has 0 bridgehead atoms. The number of hydrogen-bond acceptors (Lipinski definition) is 1. The van der Waals surface area contributed by atoms with Crippen LogP contribution in [0.2, 0.25) is 6.32 Å². The predicted molar refractivity (Wildman–Crippen MR) is 21.2 cm³/mol. The molecule has 0 heterocycles. The normalized spacial score (nSPS) is 7.20. The van der Waals surface area contributed by atoms with Crippen LogP contribution in [0.25, 0.3) is 0 Å². The lowest BCUT2D eigenvalue weighted by Gasteiger charge is -1.68. The van der Waals surface area contributed by atoms with Gasteiger partial charge in [0.2, 0.25) is 0 Å². The summed E-state index contributed by atoms with van der Waals surface area (Å²) >= 11 is 0. The highest BCUT2D eigenvalue weighted by atomic mass is 16.1. The monoisotopic (exact) mass is 68.0 g/mol. The average molecular weight is 67.9 g/mol. The van der Waals surface area contributed by atoms with Crippen LogP contribution in [0.1, 0.15) is 6.42 Å². The zero-order chi connectivity index (χ0) is 4.12. The van der Waals surface area contributed by atoms with Crippen LogP contribution < -0.4 is 0 Å². The van der Waals surface area contributed by atoms with Crippen LogP contribution in [0.15, 0.2) is 0 Å². The van der Waals surface area contributed by atoms with Gasteiger partial charge >= 0.3 is 0 Å². The van der Waals surface area contributed by atoms with E-state index in [0.717, 1.165) is 6.29 Å². The molecular formula is C3H5BO. The first-order valence-corrected chi connectivity index (χ1v) is 1.55. The molecule has 5 heavy (non-hydrogen) atoms. The molecule has 0 saturated heterocycles. The van der Waals surface area contributed by atoms with Crippen molar-refractivity contribution in [1.82, 2.24) is 0 Å². The van der Waals surface area contributed by atoms with Crippen molar-refractivity contribution in [2.45, 2.75) is 12.7 Å². The van der Waals surface area contributed by atoms with E-state index >= 15 is 0 Å². The van der Waals surface area contributed by atoms with E-state index in [2.05, 4.69) is 0 Å². The maximum atomic E-state index is 9.32. The highest BCUT2D eigenvalue weighted by Crippen LogP contribution is 1.71. The van der Waals surface area contributed by atoms with E-state index in [-0.39, 0.29) is 0 Å². The molecule has 0 unspecified atom stereocenters. The van der Waals surface area contributed by atoms with Crippen LogP contribution in [-0.2, 0) is 4.79 Å². The van der Waals surface area contributed by atoms with Gasteiger partial charge in [0.1, 0.15) is 6.29 Å². The summed E-state index contributed by atoms with van der Waals surface area (Å²) in [6.07, 6.45) is 1.77. The van der Waals surface area contributed by atoms with Gasteiger partial charge in [0.25, 0.3) is 0 Å². The number of rotatable bonds is 2. The number of aldehydes is 1. The first-order valence-electron chi connectivity index (χ1n) is 1.55. The van der Waals surface area contributed by atoms with Gasteiger partial charge in [-0.15, -0.1) is 0 Å². The smallest absolute Gasteiger partial charge is 0.119 e. The molecule has 0 aromatic carbocycles. The maximum absolute atomic E-state index is 9.32. The third-order valence-electron chi connectivity index (χ3n) is 0.285. The third-order valence-corrected chi connectivity index (χ3v) is 0.285. The Balaban J connectivity index is 2.40. The highest BCUT2D eigenvalue weighted by molar-refractivity contribution is 6.09. The van der Waals surface area contributed by atoms with Gasteiger partial charge in [-0.25, -0.2) is 0 Å². The third kappa shape index (κ3) is 3.73. The lowest BCUT2D eigenvalue weighted by Crippen LogP contribution is -1.68. The first kappa shape index (κ1) is 4.73. The minimum atomic E-state index is 0.476. The Hall–Kier alpha value is -0.265. The van der Waals surface area contributed by atoms with Crippen LogP contribution in [0.5, 0.6) is 0 Å². The Labute approximate surface area is 32.8 Å². The van der Waals surface area contributed by atoms with Crippen molar-refractivity contribution >= 4 is 14.1 Å². The summed E-state index contributed by atoms with van der Waals surface area (Å²) in [7, 11) is 4.91. The molecule has 0 rings (SSSR count). The Kier molecular flexibility index (Phi) is 3.54. The summed E-state index contributed by atoms with van der Waals surface area (Å²) in [5.74, 6) is 0. The summed E-state index contributed by atoms with van der Waals surface area (Å²) in [5, 5.41) is 0. The van der Waals surface area contributed by atoms with Crippen molar-refractivity contribution in [3.63, 3.8) is 0 Å². The minimum Gasteiger partial charge on any atom is -0.303 e. The number of carbonyl (C=O) groups is 1. The molecular weight excluding hydrogens is 62.8 g/mol. The molecule has 0 N–H and O–H groups in total.